The summed E-state index contributed by atoms with van der Waals surface area (Å²) >= 11 is 6.21. The van der Waals surface area contributed by atoms with Gasteiger partial charge in [0.2, 0.25) is 0 Å². The molecule has 0 nitrogen and oxygen atoms in total. The average molecular weight is 285 g/mol. The van der Waals surface area contributed by atoms with Crippen LogP contribution in [0.25, 0.3) is 0 Å². The summed E-state index contributed by atoms with van der Waals surface area (Å²) in [6, 6.07) is 5.04. The minimum atomic E-state index is -0.134. The molecule has 1 rings (SSSR count). The van der Waals surface area contributed by atoms with E-state index < -0.39 is 0 Å². The van der Waals surface area contributed by atoms with Crippen molar-refractivity contribution in [3.63, 3.8) is 0 Å². The van der Waals surface area contributed by atoms with Gasteiger partial charge in [-0.2, -0.15) is 0 Å². The van der Waals surface area contributed by atoms with Gasteiger partial charge >= 0.3 is 0 Å². The van der Waals surface area contributed by atoms with E-state index >= 15 is 0 Å². The van der Waals surface area contributed by atoms with Crippen LogP contribution in [0.1, 0.15) is 76.7 Å². The van der Waals surface area contributed by atoms with Gasteiger partial charge in [-0.15, -0.1) is 0 Å². The first-order chi connectivity index (χ1) is 9.20. The van der Waals surface area contributed by atoms with E-state index in [0.29, 0.717) is 5.02 Å². The molecular weight excluding hydrogens is 259 g/mol. The summed E-state index contributed by atoms with van der Waals surface area (Å²) in [6.45, 7) is 4.39. The lowest BCUT2D eigenvalue weighted by molar-refractivity contribution is 0.484. The fraction of sp³-hybridized carbons (Fsp3) is 0.647. The number of hydrogen-bond donors (Lipinski definition) is 0. The molecule has 19 heavy (non-hydrogen) atoms. The first-order valence-corrected chi connectivity index (χ1v) is 8.02. The number of rotatable bonds is 9. The molecule has 0 aliphatic heterocycles. The third kappa shape index (κ3) is 5.52. The van der Waals surface area contributed by atoms with Crippen LogP contribution in [0.5, 0.6) is 0 Å². The quantitative estimate of drug-likeness (QED) is 0.441. The Labute approximate surface area is 122 Å². The molecule has 0 atom stereocenters. The predicted molar refractivity (Wildman–Crippen MR) is 82.4 cm³/mol. The van der Waals surface area contributed by atoms with E-state index in [2.05, 4.69) is 13.8 Å². The molecule has 0 fully saturated rings. The molecule has 0 bridgehead atoms. The highest BCUT2D eigenvalue weighted by Gasteiger charge is 2.18. The normalized spacial score (nSPS) is 11.2. The summed E-state index contributed by atoms with van der Waals surface area (Å²) < 4.78 is 14.0. The van der Waals surface area contributed by atoms with Crippen LogP contribution < -0.4 is 0 Å². The Bertz CT molecular complexity index is 332. The van der Waals surface area contributed by atoms with Crippen LogP contribution in [0, 0.1) is 5.82 Å². The zero-order valence-electron chi connectivity index (χ0n) is 12.2. The molecular formula is C17H26ClF. The monoisotopic (exact) mass is 284 g/mol. The van der Waals surface area contributed by atoms with Crippen LogP contribution in [0.2, 0.25) is 5.02 Å². The lowest BCUT2D eigenvalue weighted by Crippen LogP contribution is -2.03. The number of unbranched alkanes of at least 4 members (excludes halogenated alkanes) is 4. The van der Waals surface area contributed by atoms with Crippen molar-refractivity contribution in [2.75, 3.05) is 0 Å². The fourth-order valence-corrected chi connectivity index (χ4v) is 2.93. The highest BCUT2D eigenvalue weighted by atomic mass is 35.5. The van der Waals surface area contributed by atoms with Crippen molar-refractivity contribution >= 4 is 11.6 Å². The van der Waals surface area contributed by atoms with E-state index in [1.54, 1.807) is 6.07 Å². The van der Waals surface area contributed by atoms with Crippen LogP contribution >= 0.6 is 11.6 Å². The van der Waals surface area contributed by atoms with Gasteiger partial charge < -0.3 is 0 Å². The number of hydrogen-bond acceptors (Lipinski definition) is 0. The van der Waals surface area contributed by atoms with Crippen LogP contribution in [0.4, 0.5) is 4.39 Å². The van der Waals surface area contributed by atoms with Crippen molar-refractivity contribution in [1.82, 2.24) is 0 Å². The first kappa shape index (κ1) is 16.5. The molecule has 0 heterocycles. The van der Waals surface area contributed by atoms with Gasteiger partial charge in [-0.25, -0.2) is 4.39 Å². The van der Waals surface area contributed by atoms with Crippen LogP contribution in [0.3, 0.4) is 0 Å². The fourth-order valence-electron chi connectivity index (χ4n) is 2.62. The summed E-state index contributed by atoms with van der Waals surface area (Å²) in [6.07, 6.45) is 9.28. The van der Waals surface area contributed by atoms with Gasteiger partial charge in [-0.3, -0.25) is 0 Å². The maximum absolute atomic E-state index is 14.0. The zero-order valence-corrected chi connectivity index (χ0v) is 13.0. The molecule has 0 aliphatic rings. The van der Waals surface area contributed by atoms with Crippen molar-refractivity contribution in [3.05, 3.63) is 34.6 Å². The second kappa shape index (κ2) is 9.36. The highest BCUT2D eigenvalue weighted by Crippen LogP contribution is 2.34. The summed E-state index contributed by atoms with van der Waals surface area (Å²) in [5.41, 5.74) is 0.747. The topological polar surface area (TPSA) is 0 Å². The Morgan fingerprint density at radius 2 is 1.58 bits per heavy atom. The maximum Gasteiger partial charge on any atom is 0.128 e. The van der Waals surface area contributed by atoms with Gasteiger partial charge in [0.15, 0.2) is 0 Å². The van der Waals surface area contributed by atoms with Crippen LogP contribution in [-0.4, -0.2) is 0 Å². The Balaban J connectivity index is 2.75. The maximum atomic E-state index is 14.0. The molecule has 0 saturated heterocycles. The minimum absolute atomic E-state index is 0.134. The molecule has 1 aromatic rings. The lowest BCUT2D eigenvalue weighted by atomic mass is 9.88. The summed E-state index contributed by atoms with van der Waals surface area (Å²) in [5, 5.41) is 0.595. The van der Waals surface area contributed by atoms with Crippen molar-refractivity contribution in [2.45, 2.75) is 71.1 Å². The molecule has 0 spiro atoms. The van der Waals surface area contributed by atoms with Crippen molar-refractivity contribution in [1.29, 1.82) is 0 Å². The molecule has 0 aromatic heterocycles. The van der Waals surface area contributed by atoms with Crippen LogP contribution in [0.15, 0.2) is 18.2 Å². The molecule has 0 amide bonds. The average Bonchev–Trinajstić information content (AvgIpc) is 2.38. The highest BCUT2D eigenvalue weighted by molar-refractivity contribution is 6.31. The standard InChI is InChI=1S/C17H26ClF/c1-3-5-7-10-14(11-8-6-4-2)17-15(18)12-9-13-16(17)19/h9,12-14H,3-8,10-11H2,1-2H3. The summed E-state index contributed by atoms with van der Waals surface area (Å²) in [4.78, 5) is 0. The molecule has 1 aromatic carbocycles. The lowest BCUT2D eigenvalue weighted by Gasteiger charge is -2.19. The molecule has 0 N–H and O–H groups in total. The Morgan fingerprint density at radius 1 is 1.00 bits per heavy atom. The molecule has 0 radical (unpaired) electrons. The second-order valence-electron chi connectivity index (χ2n) is 5.32. The van der Waals surface area contributed by atoms with E-state index in [9.17, 15) is 4.39 Å². The van der Waals surface area contributed by atoms with Crippen molar-refractivity contribution in [3.8, 4) is 0 Å². The third-order valence-electron chi connectivity index (χ3n) is 3.72. The smallest absolute Gasteiger partial charge is 0.128 e. The van der Waals surface area contributed by atoms with E-state index in [4.69, 9.17) is 11.6 Å². The molecule has 2 heteroatoms. The molecule has 0 unspecified atom stereocenters. The summed E-state index contributed by atoms with van der Waals surface area (Å²) in [7, 11) is 0. The van der Waals surface area contributed by atoms with Gasteiger partial charge in [-0.1, -0.05) is 70.0 Å². The van der Waals surface area contributed by atoms with E-state index in [1.807, 2.05) is 6.07 Å². The Hall–Kier alpha value is -0.560. The van der Waals surface area contributed by atoms with E-state index in [1.165, 1.54) is 31.7 Å². The van der Waals surface area contributed by atoms with E-state index in [-0.39, 0.29) is 11.7 Å². The molecule has 0 saturated carbocycles. The number of benzene rings is 1. The predicted octanol–water partition coefficient (Wildman–Crippen LogP) is 6.72. The van der Waals surface area contributed by atoms with Gasteiger partial charge in [-0.05, 0) is 30.9 Å². The summed E-state index contributed by atoms with van der Waals surface area (Å²) in [5.74, 6) is 0.150. The van der Waals surface area contributed by atoms with E-state index in [0.717, 1.165) is 31.2 Å². The zero-order chi connectivity index (χ0) is 14.1. The largest absolute Gasteiger partial charge is 0.207 e. The SMILES string of the molecule is CCCCCC(CCCCC)c1c(F)cccc1Cl. The Morgan fingerprint density at radius 3 is 2.05 bits per heavy atom. The number of halogens is 2. The van der Waals surface area contributed by atoms with Crippen LogP contribution in [-0.2, 0) is 0 Å². The first-order valence-electron chi connectivity index (χ1n) is 7.64. The Kier molecular flexibility index (Phi) is 8.13. The molecule has 0 aliphatic carbocycles. The molecule has 108 valence electrons. The van der Waals surface area contributed by atoms with Gasteiger partial charge in [0.1, 0.15) is 5.82 Å². The van der Waals surface area contributed by atoms with Gasteiger partial charge in [0.05, 0.1) is 0 Å². The van der Waals surface area contributed by atoms with Gasteiger partial charge in [0.25, 0.3) is 0 Å². The van der Waals surface area contributed by atoms with Crippen molar-refractivity contribution in [2.24, 2.45) is 0 Å². The minimum Gasteiger partial charge on any atom is -0.207 e. The third-order valence-corrected chi connectivity index (χ3v) is 4.05. The second-order valence-corrected chi connectivity index (χ2v) is 5.73. The van der Waals surface area contributed by atoms with Crippen molar-refractivity contribution < 1.29 is 4.39 Å². The van der Waals surface area contributed by atoms with Gasteiger partial charge in [0, 0.05) is 10.6 Å².